The molecule has 1 aromatic carbocycles. The third kappa shape index (κ3) is 2.94. The van der Waals surface area contributed by atoms with Gasteiger partial charge >= 0.3 is 0 Å². The molecule has 0 heterocycles. The normalized spacial score (nSPS) is 12.2. The molecule has 0 amide bonds. The lowest BCUT2D eigenvalue weighted by Gasteiger charge is -2.27. The van der Waals surface area contributed by atoms with E-state index < -0.39 is 4.92 Å². The number of nitro benzene ring substituents is 1. The summed E-state index contributed by atoms with van der Waals surface area (Å²) in [7, 11) is 1.93. The average molecular weight is 238 g/mol. The number of hydrogen-bond acceptors (Lipinski definition) is 4. The molecule has 1 atom stereocenters. The summed E-state index contributed by atoms with van der Waals surface area (Å²) >= 11 is 0. The van der Waals surface area contributed by atoms with Gasteiger partial charge in [-0.3, -0.25) is 10.1 Å². The number of rotatable bonds is 5. The summed E-state index contributed by atoms with van der Waals surface area (Å²) in [5, 5.41) is 19.9. The fourth-order valence-electron chi connectivity index (χ4n) is 1.67. The van der Waals surface area contributed by atoms with Gasteiger partial charge in [0.25, 0.3) is 5.69 Å². The van der Waals surface area contributed by atoms with Gasteiger partial charge < -0.3 is 10.0 Å². The molecule has 0 aliphatic rings. The molecule has 94 valence electrons. The Bertz CT molecular complexity index is 407. The first-order valence-electron chi connectivity index (χ1n) is 5.62. The van der Waals surface area contributed by atoms with E-state index in [4.69, 9.17) is 0 Å². The molecule has 0 fully saturated rings. The van der Waals surface area contributed by atoms with E-state index in [1.807, 2.05) is 11.9 Å². The molecule has 0 saturated heterocycles. The van der Waals surface area contributed by atoms with Crippen molar-refractivity contribution < 1.29 is 10.0 Å². The summed E-state index contributed by atoms with van der Waals surface area (Å²) in [5.41, 5.74) is 1.44. The first-order valence-corrected chi connectivity index (χ1v) is 5.62. The van der Waals surface area contributed by atoms with Crippen LogP contribution in [0.4, 0.5) is 11.4 Å². The Morgan fingerprint density at radius 3 is 2.65 bits per heavy atom. The summed E-state index contributed by atoms with van der Waals surface area (Å²) in [5.74, 6) is 0. The molecule has 1 rings (SSSR count). The minimum Gasteiger partial charge on any atom is -0.392 e. The van der Waals surface area contributed by atoms with Crippen molar-refractivity contribution in [1.82, 2.24) is 0 Å². The van der Waals surface area contributed by atoms with Gasteiger partial charge in [-0.25, -0.2) is 0 Å². The van der Waals surface area contributed by atoms with Crippen LogP contribution in [-0.4, -0.2) is 23.1 Å². The first-order chi connectivity index (χ1) is 8.01. The lowest BCUT2D eigenvalue weighted by molar-refractivity contribution is -0.384. The summed E-state index contributed by atoms with van der Waals surface area (Å²) in [6.45, 7) is 3.95. The van der Waals surface area contributed by atoms with Crippen LogP contribution in [0.25, 0.3) is 0 Å². The number of nitrogens with zero attached hydrogens (tertiary/aromatic N) is 2. The Labute approximate surface area is 101 Å². The minimum atomic E-state index is -0.452. The molecule has 0 bridgehead atoms. The highest BCUT2D eigenvalue weighted by Crippen LogP contribution is 2.26. The molecule has 1 unspecified atom stereocenters. The lowest BCUT2D eigenvalue weighted by atomic mass is 10.1. The van der Waals surface area contributed by atoms with Crippen LogP contribution in [0, 0.1) is 10.1 Å². The number of anilines is 1. The molecule has 1 aromatic rings. The fourth-order valence-corrected chi connectivity index (χ4v) is 1.67. The Morgan fingerprint density at radius 1 is 1.53 bits per heavy atom. The molecular formula is C12H18N2O3. The van der Waals surface area contributed by atoms with E-state index in [2.05, 4.69) is 13.8 Å². The quantitative estimate of drug-likeness (QED) is 0.631. The number of non-ortho nitro benzene ring substituents is 1. The monoisotopic (exact) mass is 238 g/mol. The van der Waals surface area contributed by atoms with Gasteiger partial charge in [-0.2, -0.15) is 0 Å². The van der Waals surface area contributed by atoms with Crippen LogP contribution in [0.5, 0.6) is 0 Å². The van der Waals surface area contributed by atoms with Crippen LogP contribution in [0.15, 0.2) is 18.2 Å². The van der Waals surface area contributed by atoms with Crippen molar-refractivity contribution in [3.63, 3.8) is 0 Å². The van der Waals surface area contributed by atoms with Gasteiger partial charge in [0.15, 0.2) is 0 Å². The molecule has 1 N–H and O–H groups in total. The van der Waals surface area contributed by atoms with Gasteiger partial charge in [0.1, 0.15) is 0 Å². The number of nitro groups is 1. The van der Waals surface area contributed by atoms with Crippen molar-refractivity contribution >= 4 is 11.4 Å². The Kier molecular flexibility index (Phi) is 4.45. The first kappa shape index (κ1) is 13.4. The molecule has 0 aromatic heterocycles. The number of hydrogen-bond donors (Lipinski definition) is 1. The Morgan fingerprint density at radius 2 is 2.18 bits per heavy atom. The van der Waals surface area contributed by atoms with Crippen LogP contribution in [0.3, 0.4) is 0 Å². The zero-order valence-electron chi connectivity index (χ0n) is 10.4. The molecule has 5 nitrogen and oxygen atoms in total. The second-order valence-corrected chi connectivity index (χ2v) is 4.10. The van der Waals surface area contributed by atoms with Crippen LogP contribution in [0.2, 0.25) is 0 Å². The minimum absolute atomic E-state index is 0.00958. The number of aliphatic hydroxyl groups is 1. The Balaban J connectivity index is 3.12. The standard InChI is InChI=1S/C12H18N2O3/c1-4-9(2)13(3)12-6-5-11(14(16)17)7-10(12)8-15/h5-7,9,15H,4,8H2,1-3H3. The summed E-state index contributed by atoms with van der Waals surface area (Å²) < 4.78 is 0. The maximum Gasteiger partial charge on any atom is 0.269 e. The molecule has 0 aliphatic heterocycles. The van der Waals surface area contributed by atoms with Gasteiger partial charge in [-0.15, -0.1) is 0 Å². The van der Waals surface area contributed by atoms with Crippen LogP contribution in [0.1, 0.15) is 25.8 Å². The SMILES string of the molecule is CCC(C)N(C)c1ccc([N+](=O)[O-])cc1CO. The van der Waals surface area contributed by atoms with Gasteiger partial charge in [-0.05, 0) is 19.4 Å². The van der Waals surface area contributed by atoms with E-state index in [9.17, 15) is 15.2 Å². The maximum atomic E-state index is 10.7. The van der Waals surface area contributed by atoms with Gasteiger partial charge in [0.2, 0.25) is 0 Å². The highest BCUT2D eigenvalue weighted by molar-refractivity contribution is 5.57. The van der Waals surface area contributed by atoms with E-state index in [0.29, 0.717) is 11.6 Å². The lowest BCUT2D eigenvalue weighted by Crippen LogP contribution is -2.28. The van der Waals surface area contributed by atoms with Crippen molar-refractivity contribution in [2.45, 2.75) is 32.9 Å². The zero-order chi connectivity index (χ0) is 13.0. The Hall–Kier alpha value is -1.62. The van der Waals surface area contributed by atoms with E-state index in [1.165, 1.54) is 12.1 Å². The molecule has 0 spiro atoms. The van der Waals surface area contributed by atoms with Crippen LogP contribution in [-0.2, 0) is 6.61 Å². The van der Waals surface area contributed by atoms with Crippen molar-refractivity contribution in [2.75, 3.05) is 11.9 Å². The van der Waals surface area contributed by atoms with E-state index >= 15 is 0 Å². The van der Waals surface area contributed by atoms with E-state index in [-0.39, 0.29) is 12.3 Å². The van der Waals surface area contributed by atoms with Gasteiger partial charge in [0.05, 0.1) is 11.5 Å². The molecule has 0 radical (unpaired) electrons. The van der Waals surface area contributed by atoms with Gasteiger partial charge in [0, 0.05) is 36.5 Å². The predicted octanol–water partition coefficient (Wildman–Crippen LogP) is 2.32. The molecular weight excluding hydrogens is 220 g/mol. The largest absolute Gasteiger partial charge is 0.392 e. The summed E-state index contributed by atoms with van der Waals surface area (Å²) in [4.78, 5) is 12.2. The van der Waals surface area contributed by atoms with Gasteiger partial charge in [-0.1, -0.05) is 6.92 Å². The summed E-state index contributed by atoms with van der Waals surface area (Å²) in [6.07, 6.45) is 0.971. The number of benzene rings is 1. The highest BCUT2D eigenvalue weighted by atomic mass is 16.6. The number of aliphatic hydroxyl groups excluding tert-OH is 1. The van der Waals surface area contributed by atoms with Crippen molar-refractivity contribution in [1.29, 1.82) is 0 Å². The van der Waals surface area contributed by atoms with E-state index in [0.717, 1.165) is 12.1 Å². The van der Waals surface area contributed by atoms with Crippen molar-refractivity contribution in [2.24, 2.45) is 0 Å². The van der Waals surface area contributed by atoms with Crippen molar-refractivity contribution in [3.05, 3.63) is 33.9 Å². The van der Waals surface area contributed by atoms with E-state index in [1.54, 1.807) is 6.07 Å². The summed E-state index contributed by atoms with van der Waals surface area (Å²) in [6, 6.07) is 4.90. The zero-order valence-corrected chi connectivity index (χ0v) is 10.4. The van der Waals surface area contributed by atoms with Crippen molar-refractivity contribution in [3.8, 4) is 0 Å². The second-order valence-electron chi connectivity index (χ2n) is 4.10. The maximum absolute atomic E-state index is 10.7. The molecule has 5 heteroatoms. The molecule has 17 heavy (non-hydrogen) atoms. The predicted molar refractivity (Wildman–Crippen MR) is 67.2 cm³/mol. The molecule has 0 saturated carbocycles. The topological polar surface area (TPSA) is 66.6 Å². The third-order valence-electron chi connectivity index (χ3n) is 3.08. The second kappa shape index (κ2) is 5.63. The third-order valence-corrected chi connectivity index (χ3v) is 3.08. The average Bonchev–Trinajstić information content (AvgIpc) is 2.35. The van der Waals surface area contributed by atoms with Crippen LogP contribution < -0.4 is 4.90 Å². The highest BCUT2D eigenvalue weighted by Gasteiger charge is 2.15. The fraction of sp³-hybridized carbons (Fsp3) is 0.500. The van der Waals surface area contributed by atoms with Crippen LogP contribution >= 0.6 is 0 Å². The molecule has 0 aliphatic carbocycles. The smallest absolute Gasteiger partial charge is 0.269 e.